The molecule has 2 aliphatic carbocycles. The molecule has 0 N–H and O–H groups in total. The summed E-state index contributed by atoms with van der Waals surface area (Å²) in [7, 11) is 0. The zero-order valence-corrected chi connectivity index (χ0v) is 35.1. The summed E-state index contributed by atoms with van der Waals surface area (Å²) in [4.78, 5) is 10.8. The number of rotatable bonds is 4. The second-order valence-corrected chi connectivity index (χ2v) is 18.2. The maximum absolute atomic E-state index is 5.42. The van der Waals surface area contributed by atoms with Crippen LogP contribution in [0.5, 0.6) is 0 Å². The highest BCUT2D eigenvalue weighted by Gasteiger charge is 2.37. The summed E-state index contributed by atoms with van der Waals surface area (Å²) >= 11 is 0. The second kappa shape index (κ2) is 12.5. The first-order valence-electron chi connectivity index (χ1n) is 21.7. The monoisotopic (exact) mass is 794 g/mol. The van der Waals surface area contributed by atoms with Gasteiger partial charge in [-0.15, -0.1) is 0 Å². The van der Waals surface area contributed by atoms with Gasteiger partial charge in [0.25, 0.3) is 0 Å². The van der Waals surface area contributed by atoms with E-state index in [1.807, 2.05) is 6.07 Å². The molecule has 0 radical (unpaired) electrons. The van der Waals surface area contributed by atoms with E-state index >= 15 is 0 Å². The van der Waals surface area contributed by atoms with Crippen LogP contribution < -0.4 is 0 Å². The normalized spacial score (nSPS) is 14.4. The zero-order valence-electron chi connectivity index (χ0n) is 35.1. The van der Waals surface area contributed by atoms with E-state index in [0.29, 0.717) is 5.82 Å². The zero-order chi connectivity index (χ0) is 41.5. The van der Waals surface area contributed by atoms with E-state index in [2.05, 4.69) is 213 Å². The highest BCUT2D eigenvalue weighted by Crippen LogP contribution is 2.53. The van der Waals surface area contributed by atoms with Gasteiger partial charge in [0.05, 0.1) is 27.8 Å². The Morgan fingerprint density at radius 3 is 1.56 bits per heavy atom. The molecule has 0 unspecified atom stereocenters. The van der Waals surface area contributed by atoms with Gasteiger partial charge in [0, 0.05) is 55.3 Å². The number of para-hydroxylation sites is 2. The van der Waals surface area contributed by atoms with Crippen LogP contribution in [0.1, 0.15) is 49.9 Å². The largest absolute Gasteiger partial charge is 0.309 e. The molecule has 0 saturated carbocycles. The Labute approximate surface area is 360 Å². The number of hydrogen-bond acceptors (Lipinski definition) is 2. The molecule has 3 heterocycles. The molecular formula is C58H42N4. The molecule has 294 valence electrons. The maximum atomic E-state index is 5.42. The molecule has 0 aliphatic heterocycles. The van der Waals surface area contributed by atoms with E-state index < -0.39 is 0 Å². The van der Waals surface area contributed by atoms with Gasteiger partial charge in [0.15, 0.2) is 5.82 Å². The topological polar surface area (TPSA) is 35.6 Å². The molecule has 11 aromatic rings. The van der Waals surface area contributed by atoms with Crippen molar-refractivity contribution in [3.8, 4) is 56.4 Å². The Balaban J connectivity index is 1.07. The lowest BCUT2D eigenvalue weighted by atomic mass is 9.82. The smallest absolute Gasteiger partial charge is 0.162 e. The molecule has 0 fully saturated rings. The number of aromatic nitrogens is 4. The van der Waals surface area contributed by atoms with Crippen LogP contribution in [0.25, 0.3) is 100 Å². The molecule has 13 rings (SSSR count). The summed E-state index contributed by atoms with van der Waals surface area (Å²) < 4.78 is 4.80. The molecule has 8 aromatic carbocycles. The van der Waals surface area contributed by atoms with Gasteiger partial charge in [-0.3, -0.25) is 4.57 Å². The van der Waals surface area contributed by atoms with Crippen molar-refractivity contribution in [2.75, 3.05) is 0 Å². The van der Waals surface area contributed by atoms with Crippen LogP contribution in [0.3, 0.4) is 0 Å². The van der Waals surface area contributed by atoms with E-state index in [9.17, 15) is 0 Å². The molecule has 2 aliphatic rings. The van der Waals surface area contributed by atoms with Gasteiger partial charge < -0.3 is 4.57 Å². The maximum Gasteiger partial charge on any atom is 0.162 e. The Bertz CT molecular complexity index is 3680. The minimum atomic E-state index is -0.139. The third-order valence-electron chi connectivity index (χ3n) is 14.1. The number of hydrogen-bond donors (Lipinski definition) is 0. The summed E-state index contributed by atoms with van der Waals surface area (Å²) in [6, 6.07) is 66.6. The first-order valence-corrected chi connectivity index (χ1v) is 21.7. The standard InChI is InChI=1S/C58H42N4/c1-57(2)47-25-15-12-22-39(47)42-31-45-43-29-36(27-28-52(43)61(53(45)32-48(42)57)37-19-9-6-10-20-37)50-34-55(60-56(59-50)35-17-7-5-8-18-35)62-51-26-16-13-23-40(51)44-30-41-38-21-11-14-24-46(38)58(3,4)49(41)33-54(44)62/h5-34H,1-4H3. The molecule has 4 nitrogen and oxygen atoms in total. The van der Waals surface area contributed by atoms with E-state index in [1.165, 1.54) is 77.1 Å². The fourth-order valence-corrected chi connectivity index (χ4v) is 11.1. The van der Waals surface area contributed by atoms with Crippen molar-refractivity contribution in [2.45, 2.75) is 38.5 Å². The third-order valence-corrected chi connectivity index (χ3v) is 14.1. The van der Waals surface area contributed by atoms with Crippen LogP contribution >= 0.6 is 0 Å². The molecule has 4 heteroatoms. The number of benzene rings is 8. The Hall–Kier alpha value is -7.56. The van der Waals surface area contributed by atoms with Crippen molar-refractivity contribution in [1.82, 2.24) is 19.1 Å². The highest BCUT2D eigenvalue weighted by atomic mass is 15.1. The Morgan fingerprint density at radius 1 is 0.355 bits per heavy atom. The molecule has 0 saturated heterocycles. The van der Waals surface area contributed by atoms with Gasteiger partial charge in [0.1, 0.15) is 5.82 Å². The first kappa shape index (κ1) is 35.2. The van der Waals surface area contributed by atoms with Crippen molar-refractivity contribution >= 4 is 43.6 Å². The molecular weight excluding hydrogens is 753 g/mol. The van der Waals surface area contributed by atoms with Crippen molar-refractivity contribution in [2.24, 2.45) is 0 Å². The van der Waals surface area contributed by atoms with E-state index in [1.54, 1.807) is 0 Å². The van der Waals surface area contributed by atoms with Gasteiger partial charge in [-0.1, -0.05) is 149 Å². The fraction of sp³-hybridized carbons (Fsp3) is 0.103. The minimum absolute atomic E-state index is 0.110. The highest BCUT2D eigenvalue weighted by molar-refractivity contribution is 6.13. The van der Waals surface area contributed by atoms with Gasteiger partial charge in [0.2, 0.25) is 0 Å². The quantitative estimate of drug-likeness (QED) is 0.178. The lowest BCUT2D eigenvalue weighted by Crippen LogP contribution is -2.15. The van der Waals surface area contributed by atoms with Crippen molar-refractivity contribution in [3.05, 3.63) is 204 Å². The average Bonchev–Trinajstić information content (AvgIpc) is 3.96. The van der Waals surface area contributed by atoms with Gasteiger partial charge in [-0.05, 0) is 99.1 Å². The van der Waals surface area contributed by atoms with Crippen LogP contribution in [0, 0.1) is 0 Å². The fourth-order valence-electron chi connectivity index (χ4n) is 11.1. The lowest BCUT2D eigenvalue weighted by Gasteiger charge is -2.21. The molecule has 0 spiro atoms. The summed E-state index contributed by atoms with van der Waals surface area (Å²) in [6.07, 6.45) is 0. The predicted molar refractivity (Wildman–Crippen MR) is 257 cm³/mol. The summed E-state index contributed by atoms with van der Waals surface area (Å²) in [5.41, 5.74) is 19.2. The summed E-state index contributed by atoms with van der Waals surface area (Å²) in [6.45, 7) is 9.42. The van der Waals surface area contributed by atoms with Crippen molar-refractivity contribution in [1.29, 1.82) is 0 Å². The SMILES string of the molecule is CC1(C)c2ccccc2-c2cc3c4cc(-c5cc(-n6c7ccccc7c7cc8c(cc76)C(C)(C)c6ccccc6-8)nc(-c6ccccc6)n5)ccc4n(-c4ccccc4)c3cc21. The van der Waals surface area contributed by atoms with Crippen LogP contribution in [0.15, 0.2) is 182 Å². The Morgan fingerprint density at radius 2 is 0.887 bits per heavy atom. The van der Waals surface area contributed by atoms with E-state index in [0.717, 1.165) is 39.4 Å². The third kappa shape index (κ3) is 4.78. The molecule has 62 heavy (non-hydrogen) atoms. The van der Waals surface area contributed by atoms with Crippen LogP contribution in [-0.2, 0) is 10.8 Å². The molecule has 3 aromatic heterocycles. The Kier molecular flexibility index (Phi) is 7.10. The van der Waals surface area contributed by atoms with E-state index in [4.69, 9.17) is 9.97 Å². The molecule has 0 amide bonds. The van der Waals surface area contributed by atoms with Crippen LogP contribution in [-0.4, -0.2) is 19.1 Å². The lowest BCUT2D eigenvalue weighted by molar-refractivity contribution is 0.661. The minimum Gasteiger partial charge on any atom is -0.309 e. The predicted octanol–water partition coefficient (Wildman–Crippen LogP) is 14.6. The van der Waals surface area contributed by atoms with Gasteiger partial charge >= 0.3 is 0 Å². The van der Waals surface area contributed by atoms with Gasteiger partial charge in [-0.2, -0.15) is 0 Å². The summed E-state index contributed by atoms with van der Waals surface area (Å²) in [5.74, 6) is 1.54. The van der Waals surface area contributed by atoms with Crippen molar-refractivity contribution < 1.29 is 0 Å². The van der Waals surface area contributed by atoms with Crippen LogP contribution in [0.2, 0.25) is 0 Å². The molecule has 0 bridgehead atoms. The first-order chi connectivity index (χ1) is 30.3. The number of nitrogens with zero attached hydrogens (tertiary/aromatic N) is 4. The van der Waals surface area contributed by atoms with Gasteiger partial charge in [-0.25, -0.2) is 9.97 Å². The second-order valence-electron chi connectivity index (χ2n) is 18.2. The molecule has 0 atom stereocenters. The number of fused-ring (bicyclic) bond motifs is 12. The summed E-state index contributed by atoms with van der Waals surface area (Å²) in [5, 5.41) is 4.86. The van der Waals surface area contributed by atoms with Crippen LogP contribution in [0.4, 0.5) is 0 Å². The average molecular weight is 795 g/mol. The van der Waals surface area contributed by atoms with E-state index in [-0.39, 0.29) is 10.8 Å². The van der Waals surface area contributed by atoms with Crippen molar-refractivity contribution in [3.63, 3.8) is 0 Å².